The fourth-order valence-corrected chi connectivity index (χ4v) is 3.02. The van der Waals surface area contributed by atoms with Gasteiger partial charge in [0.15, 0.2) is 0 Å². The van der Waals surface area contributed by atoms with Crippen LogP contribution in [-0.2, 0) is 19.1 Å². The molecule has 0 aromatic heterocycles. The molecule has 150 valence electrons. The highest BCUT2D eigenvalue weighted by Gasteiger charge is 2.42. The molecule has 2 atom stereocenters. The van der Waals surface area contributed by atoms with Crippen LogP contribution >= 0.6 is 0 Å². The summed E-state index contributed by atoms with van der Waals surface area (Å²) >= 11 is 0. The molecule has 0 bridgehead atoms. The van der Waals surface area contributed by atoms with Crippen LogP contribution in [0.15, 0.2) is 24.3 Å². The van der Waals surface area contributed by atoms with E-state index in [4.69, 9.17) is 14.3 Å². The van der Waals surface area contributed by atoms with E-state index in [1.807, 2.05) is 0 Å². The number of fused-ring (bicyclic) bond motifs is 1. The fraction of sp³-hybridized carbons (Fsp3) is 0.474. The molecule has 2 unspecified atom stereocenters. The zero-order chi connectivity index (χ0) is 20.5. The summed E-state index contributed by atoms with van der Waals surface area (Å²) in [6.07, 6.45) is -0.291. The third-order valence-electron chi connectivity index (χ3n) is 4.30. The van der Waals surface area contributed by atoms with Gasteiger partial charge in [0, 0.05) is 12.5 Å². The van der Waals surface area contributed by atoms with Crippen molar-refractivity contribution in [3.63, 3.8) is 0 Å². The first kappa shape index (κ1) is 19.8. The van der Waals surface area contributed by atoms with Gasteiger partial charge in [0.25, 0.3) is 11.8 Å². The molecule has 2 aliphatic heterocycles. The van der Waals surface area contributed by atoms with Crippen LogP contribution in [0.2, 0.25) is 0 Å². The zero-order valence-electron chi connectivity index (χ0n) is 15.9. The molecule has 1 aromatic rings. The summed E-state index contributed by atoms with van der Waals surface area (Å²) in [6.45, 7) is 5.74. The molecule has 9 heteroatoms. The predicted molar refractivity (Wildman–Crippen MR) is 95.1 cm³/mol. The van der Waals surface area contributed by atoms with Gasteiger partial charge in [-0.1, -0.05) is 17.2 Å². The van der Waals surface area contributed by atoms with E-state index >= 15 is 0 Å². The van der Waals surface area contributed by atoms with Crippen molar-refractivity contribution in [1.29, 1.82) is 0 Å². The average Bonchev–Trinajstić information content (AvgIpc) is 3.22. The first-order valence-electron chi connectivity index (χ1n) is 8.94. The van der Waals surface area contributed by atoms with Crippen LogP contribution in [0.25, 0.3) is 0 Å². The fourth-order valence-electron chi connectivity index (χ4n) is 3.02. The summed E-state index contributed by atoms with van der Waals surface area (Å²) in [6, 6.07) is 5.05. The number of benzene rings is 1. The van der Waals surface area contributed by atoms with Crippen molar-refractivity contribution in [2.24, 2.45) is 5.92 Å². The van der Waals surface area contributed by atoms with Crippen LogP contribution in [0, 0.1) is 5.92 Å². The minimum Gasteiger partial charge on any atom is -0.444 e. The minimum absolute atomic E-state index is 0.154. The Labute approximate surface area is 161 Å². The normalized spacial score (nSPS) is 20.0. The van der Waals surface area contributed by atoms with Crippen molar-refractivity contribution in [2.75, 3.05) is 13.2 Å². The molecule has 2 heterocycles. The molecule has 0 saturated carbocycles. The molecule has 1 saturated heterocycles. The van der Waals surface area contributed by atoms with E-state index in [9.17, 15) is 19.2 Å². The number of amides is 3. The summed E-state index contributed by atoms with van der Waals surface area (Å²) in [7, 11) is 0. The van der Waals surface area contributed by atoms with Crippen LogP contribution < -0.4 is 5.32 Å². The molecule has 1 fully saturated rings. The summed E-state index contributed by atoms with van der Waals surface area (Å²) < 4.78 is 10.5. The van der Waals surface area contributed by atoms with E-state index in [0.717, 1.165) is 0 Å². The molecule has 3 rings (SSSR count). The molecular weight excluding hydrogens is 368 g/mol. The Balaban J connectivity index is 1.74. The number of alkyl carbamates (subject to hydrolysis) is 1. The lowest BCUT2D eigenvalue weighted by atomic mass is 9.99. The monoisotopic (exact) mass is 390 g/mol. The molecule has 3 amide bonds. The van der Waals surface area contributed by atoms with Crippen molar-refractivity contribution in [1.82, 2.24) is 10.4 Å². The molecule has 0 spiro atoms. The van der Waals surface area contributed by atoms with Crippen LogP contribution in [0.1, 0.15) is 47.9 Å². The number of nitrogens with zero attached hydrogens (tertiary/aromatic N) is 1. The number of nitrogens with one attached hydrogen (secondary N) is 1. The number of ether oxygens (including phenoxy) is 2. The Morgan fingerprint density at radius 1 is 1.18 bits per heavy atom. The maximum absolute atomic E-state index is 12.7. The Hall–Kier alpha value is -2.94. The molecular formula is C19H22N2O7. The first-order valence-corrected chi connectivity index (χ1v) is 8.94. The largest absolute Gasteiger partial charge is 0.444 e. The second kappa shape index (κ2) is 7.59. The molecule has 2 aliphatic rings. The van der Waals surface area contributed by atoms with Gasteiger partial charge in [0.2, 0.25) is 0 Å². The Kier molecular flexibility index (Phi) is 5.37. The number of carbonyl (C=O) groups is 4. The van der Waals surface area contributed by atoms with Gasteiger partial charge in [-0.2, -0.15) is 0 Å². The van der Waals surface area contributed by atoms with Gasteiger partial charge in [-0.05, 0) is 39.3 Å². The Morgan fingerprint density at radius 3 is 2.29 bits per heavy atom. The predicted octanol–water partition coefficient (Wildman–Crippen LogP) is 1.67. The highest BCUT2D eigenvalue weighted by Crippen LogP contribution is 2.24. The van der Waals surface area contributed by atoms with E-state index < -0.39 is 35.5 Å². The Morgan fingerprint density at radius 2 is 1.79 bits per heavy atom. The summed E-state index contributed by atoms with van der Waals surface area (Å²) in [5.41, 5.74) is -0.449. The van der Waals surface area contributed by atoms with Crippen LogP contribution in [-0.4, -0.2) is 53.8 Å². The van der Waals surface area contributed by atoms with Crippen molar-refractivity contribution in [3.05, 3.63) is 35.4 Å². The Bertz CT molecular complexity index is 774. The van der Waals surface area contributed by atoms with E-state index in [0.29, 0.717) is 18.1 Å². The first-order chi connectivity index (χ1) is 13.2. The van der Waals surface area contributed by atoms with E-state index in [2.05, 4.69) is 5.32 Å². The van der Waals surface area contributed by atoms with Crippen LogP contribution in [0.5, 0.6) is 0 Å². The highest BCUT2D eigenvalue weighted by molar-refractivity contribution is 6.20. The van der Waals surface area contributed by atoms with Gasteiger partial charge >= 0.3 is 12.1 Å². The lowest BCUT2D eigenvalue weighted by Gasteiger charge is -2.26. The van der Waals surface area contributed by atoms with Crippen LogP contribution in [0.3, 0.4) is 0 Å². The van der Waals surface area contributed by atoms with E-state index in [1.165, 1.54) is 12.1 Å². The van der Waals surface area contributed by atoms with Crippen molar-refractivity contribution in [3.8, 4) is 0 Å². The standard InChI is InChI=1S/C19H22N2O7/c1-19(2,3)27-18(25)20-14(11-8-9-26-10-11)17(24)28-21-15(22)12-6-4-5-7-13(12)16(21)23/h4-7,11,14H,8-10H2,1-3H3,(H,20,25). The number of rotatable bonds is 4. The average molecular weight is 390 g/mol. The maximum atomic E-state index is 12.7. The lowest BCUT2D eigenvalue weighted by molar-refractivity contribution is -0.172. The number of hydroxylamine groups is 2. The van der Waals surface area contributed by atoms with Crippen LogP contribution in [0.4, 0.5) is 4.79 Å². The number of carbonyl (C=O) groups excluding carboxylic acids is 4. The van der Waals surface area contributed by atoms with Gasteiger partial charge in [0.1, 0.15) is 11.6 Å². The van der Waals surface area contributed by atoms with Gasteiger partial charge in [0.05, 0.1) is 17.7 Å². The van der Waals surface area contributed by atoms with Crippen molar-refractivity contribution >= 4 is 23.9 Å². The molecule has 0 radical (unpaired) electrons. The summed E-state index contributed by atoms with van der Waals surface area (Å²) in [5.74, 6) is -2.76. The van der Waals surface area contributed by atoms with Gasteiger partial charge in [-0.15, -0.1) is 0 Å². The number of hydrogen-bond donors (Lipinski definition) is 1. The zero-order valence-corrected chi connectivity index (χ0v) is 15.9. The number of imide groups is 1. The lowest BCUT2D eigenvalue weighted by Crippen LogP contribution is -2.50. The number of hydrogen-bond acceptors (Lipinski definition) is 7. The molecule has 1 aromatic carbocycles. The molecule has 1 N–H and O–H groups in total. The highest BCUT2D eigenvalue weighted by atomic mass is 16.7. The SMILES string of the molecule is CC(C)(C)OC(=O)NC(C(=O)ON1C(=O)c2ccccc2C1=O)C1CCOC1. The second-order valence-corrected chi connectivity index (χ2v) is 7.61. The van der Waals surface area contributed by atoms with Gasteiger partial charge < -0.3 is 19.6 Å². The molecule has 28 heavy (non-hydrogen) atoms. The van der Waals surface area contributed by atoms with Crippen molar-refractivity contribution < 1.29 is 33.5 Å². The quantitative estimate of drug-likeness (QED) is 0.779. The van der Waals surface area contributed by atoms with Gasteiger partial charge in [-0.25, -0.2) is 9.59 Å². The molecule has 0 aliphatic carbocycles. The summed E-state index contributed by atoms with van der Waals surface area (Å²) in [5, 5.41) is 2.90. The van der Waals surface area contributed by atoms with Gasteiger partial charge in [-0.3, -0.25) is 9.59 Å². The van der Waals surface area contributed by atoms with E-state index in [-0.39, 0.29) is 23.7 Å². The molecule has 9 nitrogen and oxygen atoms in total. The topological polar surface area (TPSA) is 111 Å². The third kappa shape index (κ3) is 4.14. The summed E-state index contributed by atoms with van der Waals surface area (Å²) in [4.78, 5) is 54.7. The third-order valence-corrected chi connectivity index (χ3v) is 4.30. The second-order valence-electron chi connectivity index (χ2n) is 7.61. The maximum Gasteiger partial charge on any atom is 0.408 e. The van der Waals surface area contributed by atoms with E-state index in [1.54, 1.807) is 32.9 Å². The minimum atomic E-state index is -1.12. The van der Waals surface area contributed by atoms with Crippen molar-refractivity contribution in [2.45, 2.75) is 38.8 Å². The smallest absolute Gasteiger partial charge is 0.408 e.